The number of nitrogens with zero attached hydrogens (tertiary/aromatic N) is 3. The fourth-order valence-corrected chi connectivity index (χ4v) is 2.86. The predicted octanol–water partition coefficient (Wildman–Crippen LogP) is 3.87. The maximum Gasteiger partial charge on any atom is 0.206 e. The van der Waals surface area contributed by atoms with E-state index in [9.17, 15) is 0 Å². The lowest BCUT2D eigenvalue weighted by Crippen LogP contribution is -2.12. The van der Waals surface area contributed by atoms with Gasteiger partial charge in [-0.1, -0.05) is 19.9 Å². The highest BCUT2D eigenvalue weighted by atomic mass is 32.1. The lowest BCUT2D eigenvalue weighted by atomic mass is 10.2. The molecular formula is C19H25N3O2S. The molecule has 0 N–H and O–H groups in total. The Bertz CT molecular complexity index is 803. The highest BCUT2D eigenvalue weighted by molar-refractivity contribution is 7.07. The maximum absolute atomic E-state index is 5.78. The number of thiazole rings is 1. The zero-order valence-corrected chi connectivity index (χ0v) is 16.0. The molecule has 2 rings (SSSR count). The van der Waals surface area contributed by atoms with Gasteiger partial charge in [-0.05, 0) is 36.6 Å². The number of rotatable bonds is 8. The average Bonchev–Trinajstić information content (AvgIpc) is 2.96. The maximum atomic E-state index is 5.78. The van der Waals surface area contributed by atoms with Crippen LogP contribution < -0.4 is 14.3 Å². The number of methoxy groups -OCH3 is 1. The summed E-state index contributed by atoms with van der Waals surface area (Å²) in [6, 6.07) is 5.79. The molecule has 0 aliphatic heterocycles. The van der Waals surface area contributed by atoms with Crippen molar-refractivity contribution >= 4 is 17.6 Å². The molecule has 5 nitrogen and oxygen atoms in total. The van der Waals surface area contributed by atoms with Crippen LogP contribution in [-0.2, 0) is 0 Å². The molecule has 1 aromatic carbocycles. The van der Waals surface area contributed by atoms with Crippen LogP contribution in [0.2, 0.25) is 0 Å². The lowest BCUT2D eigenvalue weighted by molar-refractivity contribution is 0.257. The minimum Gasteiger partial charge on any atom is -0.493 e. The lowest BCUT2D eigenvalue weighted by Gasteiger charge is -2.12. The predicted molar refractivity (Wildman–Crippen MR) is 104 cm³/mol. The minimum atomic E-state index is 0.460. The Morgan fingerprint density at radius 2 is 2.12 bits per heavy atom. The van der Waals surface area contributed by atoms with E-state index in [0.29, 0.717) is 24.8 Å². The van der Waals surface area contributed by atoms with Crippen LogP contribution in [0.1, 0.15) is 25.1 Å². The number of ether oxygens (including phenoxy) is 2. The second-order valence-corrected chi connectivity index (χ2v) is 6.80. The van der Waals surface area contributed by atoms with Crippen LogP contribution in [0.3, 0.4) is 0 Å². The van der Waals surface area contributed by atoms with Gasteiger partial charge < -0.3 is 9.47 Å². The second-order valence-electron chi connectivity index (χ2n) is 5.96. The van der Waals surface area contributed by atoms with Gasteiger partial charge in [-0.15, -0.1) is 17.9 Å². The van der Waals surface area contributed by atoms with Crippen LogP contribution in [0.25, 0.3) is 0 Å². The Kier molecular flexibility index (Phi) is 7.01. The second kappa shape index (κ2) is 9.22. The van der Waals surface area contributed by atoms with E-state index in [-0.39, 0.29) is 0 Å². The van der Waals surface area contributed by atoms with Crippen molar-refractivity contribution in [3.8, 4) is 11.5 Å². The van der Waals surface area contributed by atoms with Crippen molar-refractivity contribution < 1.29 is 9.47 Å². The van der Waals surface area contributed by atoms with E-state index in [0.717, 1.165) is 21.8 Å². The minimum absolute atomic E-state index is 0.460. The number of benzene rings is 1. The molecule has 6 heteroatoms. The van der Waals surface area contributed by atoms with Gasteiger partial charge in [0.1, 0.15) is 0 Å². The smallest absolute Gasteiger partial charge is 0.206 e. The summed E-state index contributed by atoms with van der Waals surface area (Å²) in [5.41, 5.74) is 1.97. The van der Waals surface area contributed by atoms with Crippen molar-refractivity contribution in [3.05, 3.63) is 52.3 Å². The van der Waals surface area contributed by atoms with E-state index in [1.165, 1.54) is 0 Å². The highest BCUT2D eigenvalue weighted by Crippen LogP contribution is 2.28. The zero-order chi connectivity index (χ0) is 18.2. The van der Waals surface area contributed by atoms with Crippen LogP contribution in [0.15, 0.2) is 46.3 Å². The van der Waals surface area contributed by atoms with Crippen molar-refractivity contribution in [2.45, 2.75) is 20.8 Å². The first-order chi connectivity index (χ1) is 12.0. The third-order valence-corrected chi connectivity index (χ3v) is 4.26. The molecule has 0 saturated heterocycles. The normalized spacial score (nSPS) is 12.1. The van der Waals surface area contributed by atoms with E-state index in [4.69, 9.17) is 9.47 Å². The SMILES string of the molecule is C=CCN=c1scc(C)n1N=Cc1ccc(OCC(C)C)c(OC)c1. The first kappa shape index (κ1) is 19.0. The monoisotopic (exact) mass is 359 g/mol. The van der Waals surface area contributed by atoms with Gasteiger partial charge in [0.15, 0.2) is 11.5 Å². The molecule has 0 aliphatic carbocycles. The van der Waals surface area contributed by atoms with Crippen LogP contribution in [0, 0.1) is 12.8 Å². The molecule has 0 spiro atoms. The Labute approximate surface area is 153 Å². The molecule has 0 atom stereocenters. The Morgan fingerprint density at radius 3 is 2.80 bits per heavy atom. The molecule has 0 radical (unpaired) electrons. The van der Waals surface area contributed by atoms with Gasteiger partial charge in [-0.2, -0.15) is 5.10 Å². The number of hydrogen-bond donors (Lipinski definition) is 0. The topological polar surface area (TPSA) is 48.1 Å². The van der Waals surface area contributed by atoms with Gasteiger partial charge in [-0.3, -0.25) is 4.99 Å². The summed E-state index contributed by atoms with van der Waals surface area (Å²) in [6.07, 6.45) is 3.56. The van der Waals surface area contributed by atoms with Crippen LogP contribution >= 0.6 is 11.3 Å². The fourth-order valence-electron chi connectivity index (χ4n) is 2.04. The van der Waals surface area contributed by atoms with Crippen molar-refractivity contribution in [1.82, 2.24) is 4.68 Å². The van der Waals surface area contributed by atoms with E-state index < -0.39 is 0 Å². The molecule has 134 valence electrons. The molecule has 1 heterocycles. The number of aromatic nitrogens is 1. The third kappa shape index (κ3) is 5.32. The summed E-state index contributed by atoms with van der Waals surface area (Å²) in [4.78, 5) is 5.30. The van der Waals surface area contributed by atoms with Crippen molar-refractivity contribution in [2.24, 2.45) is 16.0 Å². The highest BCUT2D eigenvalue weighted by Gasteiger charge is 2.06. The van der Waals surface area contributed by atoms with Crippen molar-refractivity contribution in [2.75, 3.05) is 20.3 Å². The fraction of sp³-hybridized carbons (Fsp3) is 0.368. The standard InChI is InChI=1S/C19H25N3O2S/c1-6-9-20-19-22(15(4)13-25-19)21-11-16-7-8-17(18(10-16)23-5)24-12-14(2)3/h6-8,10-11,13-14H,1,9,12H2,2-5H3. The van der Waals surface area contributed by atoms with E-state index in [1.54, 1.807) is 30.7 Å². The van der Waals surface area contributed by atoms with Crippen LogP contribution in [0.5, 0.6) is 11.5 Å². The van der Waals surface area contributed by atoms with Crippen molar-refractivity contribution in [1.29, 1.82) is 0 Å². The Hall–Kier alpha value is -2.34. The van der Waals surface area contributed by atoms with Gasteiger partial charge in [0.05, 0.1) is 32.2 Å². The Morgan fingerprint density at radius 1 is 1.32 bits per heavy atom. The summed E-state index contributed by atoms with van der Waals surface area (Å²) in [7, 11) is 1.64. The number of hydrogen-bond acceptors (Lipinski definition) is 5. The summed E-state index contributed by atoms with van der Waals surface area (Å²) in [5, 5.41) is 6.58. The molecule has 0 unspecified atom stereocenters. The molecule has 0 saturated carbocycles. The van der Waals surface area contributed by atoms with Gasteiger partial charge in [0.2, 0.25) is 4.80 Å². The molecule has 2 aromatic rings. The molecular weight excluding hydrogens is 334 g/mol. The number of aryl methyl sites for hydroxylation is 1. The summed E-state index contributed by atoms with van der Waals surface area (Å²) in [6.45, 7) is 11.2. The Balaban J connectivity index is 2.24. The third-order valence-electron chi connectivity index (χ3n) is 3.29. The molecule has 25 heavy (non-hydrogen) atoms. The largest absolute Gasteiger partial charge is 0.493 e. The molecule has 0 bridgehead atoms. The van der Waals surface area contributed by atoms with Crippen molar-refractivity contribution in [3.63, 3.8) is 0 Å². The first-order valence-electron chi connectivity index (χ1n) is 8.19. The summed E-state index contributed by atoms with van der Waals surface area (Å²) >= 11 is 1.56. The van der Waals surface area contributed by atoms with Crippen LogP contribution in [-0.4, -0.2) is 31.2 Å². The van der Waals surface area contributed by atoms with Gasteiger partial charge in [0.25, 0.3) is 0 Å². The zero-order valence-electron chi connectivity index (χ0n) is 15.2. The first-order valence-corrected chi connectivity index (χ1v) is 9.06. The quantitative estimate of drug-likeness (QED) is 0.531. The molecule has 0 amide bonds. The average molecular weight is 359 g/mol. The van der Waals surface area contributed by atoms with E-state index in [2.05, 4.69) is 30.5 Å². The molecule has 0 aliphatic rings. The van der Waals surface area contributed by atoms with Crippen LogP contribution in [0.4, 0.5) is 0 Å². The summed E-state index contributed by atoms with van der Waals surface area (Å²) < 4.78 is 13.0. The van der Waals surface area contributed by atoms with E-state index >= 15 is 0 Å². The molecule has 1 aromatic heterocycles. The van der Waals surface area contributed by atoms with E-state index in [1.807, 2.05) is 35.2 Å². The van der Waals surface area contributed by atoms with Gasteiger partial charge in [0, 0.05) is 5.38 Å². The van der Waals surface area contributed by atoms with Gasteiger partial charge in [-0.25, -0.2) is 4.68 Å². The summed E-state index contributed by atoms with van der Waals surface area (Å²) in [5.74, 6) is 1.91. The van der Waals surface area contributed by atoms with Gasteiger partial charge >= 0.3 is 0 Å². The molecule has 0 fully saturated rings.